The third kappa shape index (κ3) is 77.6. The van der Waals surface area contributed by atoms with E-state index in [4.69, 9.17) is 37.0 Å². The molecule has 17 nitrogen and oxygen atoms in total. The Morgan fingerprint density at radius 1 is 0.274 bits per heavy atom. The Bertz CT molecular complexity index is 2480. The van der Waals surface area contributed by atoms with Crippen LogP contribution in [0.25, 0.3) is 0 Å². The van der Waals surface area contributed by atoms with Crippen LogP contribution in [0.3, 0.4) is 0 Å². The average Bonchev–Trinajstić information content (AvgIpc) is 0.901. The minimum Gasteiger partial charge on any atom is -0.462 e. The first-order chi connectivity index (χ1) is 51.7. The third-order valence-corrected chi connectivity index (χ3v) is 19.3. The van der Waals surface area contributed by atoms with E-state index in [0.29, 0.717) is 25.7 Å². The monoisotopic (exact) mass is 1530 g/mol. The van der Waals surface area contributed by atoms with Crippen molar-refractivity contribution in [3.8, 4) is 0 Å². The average molecular weight is 1530 g/mol. The number of aliphatic hydroxyl groups is 1. The molecule has 0 fully saturated rings. The number of esters is 4. The molecule has 0 aliphatic heterocycles. The largest absolute Gasteiger partial charge is 0.472 e. The maximum Gasteiger partial charge on any atom is 0.472 e. The summed E-state index contributed by atoms with van der Waals surface area (Å²) in [4.78, 5) is 73.1. The topological polar surface area (TPSA) is 237 Å². The zero-order chi connectivity index (χ0) is 77.4. The molecule has 0 heterocycles. The van der Waals surface area contributed by atoms with Gasteiger partial charge in [0.05, 0.1) is 26.4 Å². The van der Waals surface area contributed by atoms with Gasteiger partial charge in [0, 0.05) is 25.7 Å². The van der Waals surface area contributed by atoms with E-state index in [1.165, 1.54) is 77.0 Å². The number of unbranched alkanes of at least 4 members (excludes halogenated alkanes) is 32. The summed E-state index contributed by atoms with van der Waals surface area (Å²) in [6.45, 7) is 4.68. The molecule has 0 aliphatic rings. The number of ether oxygens (including phenoxy) is 4. The minimum atomic E-state index is -4.99. The number of carbonyl (C=O) groups excluding carboxylic acids is 4. The van der Waals surface area contributed by atoms with Crippen LogP contribution in [0.1, 0.15) is 349 Å². The van der Waals surface area contributed by atoms with Crippen LogP contribution in [-0.4, -0.2) is 96.7 Å². The fourth-order valence-electron chi connectivity index (χ4n) is 11.0. The fraction of sp³-hybridized carbons (Fsp3) is 0.724. The number of allylic oxidation sites excluding steroid dienone is 20. The lowest BCUT2D eigenvalue weighted by atomic mass is 10.1. The Hall–Kier alpha value is -4.54. The van der Waals surface area contributed by atoms with Gasteiger partial charge in [0.2, 0.25) is 0 Å². The quantitative estimate of drug-likeness (QED) is 0.0169. The Morgan fingerprint density at radius 2 is 0.491 bits per heavy atom. The summed E-state index contributed by atoms with van der Waals surface area (Å²) < 4.78 is 68.7. The van der Waals surface area contributed by atoms with Crippen LogP contribution >= 0.6 is 15.6 Å². The summed E-state index contributed by atoms with van der Waals surface area (Å²) in [5.74, 6) is -2.22. The molecule has 0 saturated heterocycles. The molecule has 0 rings (SSSR count). The smallest absolute Gasteiger partial charge is 0.462 e. The van der Waals surface area contributed by atoms with E-state index in [9.17, 15) is 43.2 Å². The zero-order valence-electron chi connectivity index (χ0n) is 66.8. The highest BCUT2D eigenvalue weighted by Gasteiger charge is 2.30. The Labute approximate surface area is 644 Å². The van der Waals surface area contributed by atoms with Crippen LogP contribution < -0.4 is 0 Å². The van der Waals surface area contributed by atoms with Crippen molar-refractivity contribution < 1.29 is 80.2 Å². The lowest BCUT2D eigenvalue weighted by molar-refractivity contribution is -0.161. The molecule has 0 spiro atoms. The highest BCUT2D eigenvalue weighted by atomic mass is 31.2. The second kappa shape index (κ2) is 78.6. The number of hydrogen-bond acceptors (Lipinski definition) is 15. The minimum absolute atomic E-state index is 0.0757. The third-order valence-electron chi connectivity index (χ3n) is 17.4. The summed E-state index contributed by atoms with van der Waals surface area (Å²) in [5, 5.41) is 10.7. The number of carbonyl (C=O) groups is 4. The summed E-state index contributed by atoms with van der Waals surface area (Å²) in [7, 11) is -9.97. The SMILES string of the molecule is CC/C=C\C/C=C\C/C=C\C/C=C\CCCCCCC(=O)OCC(COP(=O)(O)OCC(O)COP(=O)(O)OCC(COC(=O)CCCCCCCC/C=C\C/C=C\C/C=C\CCCCC)OC(=O)CCCCCCCC/C=C\C/C=C\C/C=C\CCCCC)OC(=O)CCCCCCCCCCCCC. The lowest BCUT2D eigenvalue weighted by Crippen LogP contribution is -2.30. The molecule has 3 N–H and O–H groups in total. The molecule has 0 aromatic heterocycles. The summed E-state index contributed by atoms with van der Waals surface area (Å²) in [5.41, 5.74) is 0. The van der Waals surface area contributed by atoms with Crippen molar-refractivity contribution in [1.82, 2.24) is 0 Å². The molecule has 106 heavy (non-hydrogen) atoms. The van der Waals surface area contributed by atoms with Crippen molar-refractivity contribution in [3.63, 3.8) is 0 Å². The first-order valence-corrected chi connectivity index (χ1v) is 44.8. The molecule has 0 amide bonds. The van der Waals surface area contributed by atoms with E-state index in [2.05, 4.69) is 149 Å². The van der Waals surface area contributed by atoms with Gasteiger partial charge in [-0.05, 0) is 141 Å². The van der Waals surface area contributed by atoms with E-state index in [1.54, 1.807) is 0 Å². The Morgan fingerprint density at radius 3 is 0.774 bits per heavy atom. The van der Waals surface area contributed by atoms with Crippen LogP contribution in [-0.2, 0) is 65.4 Å². The predicted octanol–water partition coefficient (Wildman–Crippen LogP) is 24.7. The molecule has 5 unspecified atom stereocenters. The Kier molecular flexibility index (Phi) is 75.2. The van der Waals surface area contributed by atoms with Crippen molar-refractivity contribution in [2.75, 3.05) is 39.6 Å². The molecule has 0 saturated carbocycles. The molecular formula is C87H150O17P2. The van der Waals surface area contributed by atoms with Gasteiger partial charge in [0.25, 0.3) is 0 Å². The first-order valence-electron chi connectivity index (χ1n) is 41.8. The van der Waals surface area contributed by atoms with E-state index in [0.717, 1.165) is 193 Å². The molecule has 0 aromatic carbocycles. The van der Waals surface area contributed by atoms with Gasteiger partial charge in [-0.25, -0.2) is 9.13 Å². The molecule has 610 valence electrons. The van der Waals surface area contributed by atoms with Crippen LogP contribution in [0.2, 0.25) is 0 Å². The molecule has 0 radical (unpaired) electrons. The highest BCUT2D eigenvalue weighted by molar-refractivity contribution is 7.47. The van der Waals surface area contributed by atoms with E-state index in [-0.39, 0.29) is 25.7 Å². The predicted molar refractivity (Wildman–Crippen MR) is 436 cm³/mol. The van der Waals surface area contributed by atoms with Crippen molar-refractivity contribution >= 4 is 39.5 Å². The zero-order valence-corrected chi connectivity index (χ0v) is 68.6. The molecule has 0 aromatic rings. The second-order valence-corrected chi connectivity index (χ2v) is 30.6. The van der Waals surface area contributed by atoms with Crippen molar-refractivity contribution in [3.05, 3.63) is 122 Å². The molecule has 0 bridgehead atoms. The van der Waals surface area contributed by atoms with Crippen LogP contribution in [0.5, 0.6) is 0 Å². The van der Waals surface area contributed by atoms with Gasteiger partial charge in [0.1, 0.15) is 19.3 Å². The fourth-order valence-corrected chi connectivity index (χ4v) is 12.6. The molecular weight excluding hydrogens is 1380 g/mol. The van der Waals surface area contributed by atoms with Crippen LogP contribution in [0.15, 0.2) is 122 Å². The molecule has 0 aliphatic carbocycles. The summed E-state index contributed by atoms with van der Waals surface area (Å²) >= 11 is 0. The van der Waals surface area contributed by atoms with Crippen LogP contribution in [0, 0.1) is 0 Å². The first kappa shape index (κ1) is 101. The summed E-state index contributed by atoms with van der Waals surface area (Å²) in [6, 6.07) is 0. The van der Waals surface area contributed by atoms with Gasteiger partial charge < -0.3 is 33.8 Å². The van der Waals surface area contributed by atoms with Gasteiger partial charge in [-0.3, -0.25) is 37.3 Å². The molecule has 19 heteroatoms. The van der Waals surface area contributed by atoms with Crippen LogP contribution in [0.4, 0.5) is 0 Å². The highest BCUT2D eigenvalue weighted by Crippen LogP contribution is 2.45. The number of aliphatic hydroxyl groups excluding tert-OH is 1. The number of phosphoric acid groups is 2. The maximum atomic E-state index is 13.1. The van der Waals surface area contributed by atoms with E-state index >= 15 is 0 Å². The van der Waals surface area contributed by atoms with E-state index < -0.39 is 97.5 Å². The van der Waals surface area contributed by atoms with Crippen molar-refractivity contribution in [1.29, 1.82) is 0 Å². The normalized spacial score (nSPS) is 14.4. The molecule has 5 atom stereocenters. The second-order valence-electron chi connectivity index (χ2n) is 27.7. The standard InChI is InChI=1S/C87H150O17P2/c1-5-9-13-17-21-25-29-32-35-38-40-43-46-49-53-56-60-64-68-72-85(90)98-78-83(104-87(92)74-70-66-62-58-54-50-47-44-41-39-36-33-30-26-22-18-14-10-6-2)80-102-106(95,96)100-76-81(88)75-99-105(93,94)101-79-82(103-86(91)73-69-65-61-57-51-28-24-20-16-12-8-4)77-97-84(89)71-67-63-59-55-52-48-45-42-37-34-31-27-23-19-15-11-7-3/h11,15,21-23,25-27,32-37,40-41,43-45,48,81-83,88H,5-10,12-14,16-20,24,28-31,38-39,42,46-47,49-80H2,1-4H3,(H,93,94)(H,95,96)/b15-11-,25-21-,26-22-,27-23-,35-32-,36-33-,37-34-,43-40-,44-41-,48-45-. The van der Waals surface area contributed by atoms with Gasteiger partial charge >= 0.3 is 39.5 Å². The Balaban J connectivity index is 5.37. The number of phosphoric ester groups is 2. The van der Waals surface area contributed by atoms with Gasteiger partial charge in [-0.1, -0.05) is 303 Å². The maximum absolute atomic E-state index is 13.1. The van der Waals surface area contributed by atoms with Gasteiger partial charge in [-0.15, -0.1) is 0 Å². The number of rotatable bonds is 78. The van der Waals surface area contributed by atoms with Gasteiger partial charge in [-0.2, -0.15) is 0 Å². The lowest BCUT2D eigenvalue weighted by Gasteiger charge is -2.21. The van der Waals surface area contributed by atoms with Crippen molar-refractivity contribution in [2.45, 2.75) is 367 Å². The number of hydrogen-bond donors (Lipinski definition) is 3. The van der Waals surface area contributed by atoms with Crippen molar-refractivity contribution in [2.24, 2.45) is 0 Å². The van der Waals surface area contributed by atoms with Gasteiger partial charge in [0.15, 0.2) is 12.2 Å². The summed E-state index contributed by atoms with van der Waals surface area (Å²) in [6.07, 6.45) is 87.3. The van der Waals surface area contributed by atoms with E-state index in [1.807, 2.05) is 0 Å².